The second-order valence-corrected chi connectivity index (χ2v) is 6.36. The van der Waals surface area contributed by atoms with Gasteiger partial charge < -0.3 is 13.8 Å². The molecular formula is C21H18N4O2. The third kappa shape index (κ3) is 3.27. The highest BCUT2D eigenvalue weighted by atomic mass is 16.5. The molecule has 0 bridgehead atoms. The number of fused-ring (bicyclic) bond motifs is 1. The van der Waals surface area contributed by atoms with Crippen molar-refractivity contribution in [2.24, 2.45) is 0 Å². The Morgan fingerprint density at radius 2 is 2.00 bits per heavy atom. The molecular weight excluding hydrogens is 340 g/mol. The summed E-state index contributed by atoms with van der Waals surface area (Å²) in [7, 11) is 0. The van der Waals surface area contributed by atoms with Crippen LogP contribution in [0.4, 0.5) is 0 Å². The molecule has 0 aliphatic carbocycles. The van der Waals surface area contributed by atoms with E-state index in [4.69, 9.17) is 14.2 Å². The van der Waals surface area contributed by atoms with Crippen molar-refractivity contribution in [3.05, 3.63) is 77.3 Å². The van der Waals surface area contributed by atoms with Gasteiger partial charge in [-0.05, 0) is 42.8 Å². The van der Waals surface area contributed by atoms with Crippen LogP contribution in [0.25, 0.3) is 11.0 Å². The van der Waals surface area contributed by atoms with E-state index in [-0.39, 0.29) is 12.6 Å². The summed E-state index contributed by atoms with van der Waals surface area (Å²) in [5.74, 6) is 1.88. The molecule has 0 unspecified atom stereocenters. The third-order valence-electron chi connectivity index (χ3n) is 4.52. The molecule has 4 rings (SSSR count). The first-order valence-corrected chi connectivity index (χ1v) is 8.67. The number of nitriles is 1. The van der Waals surface area contributed by atoms with Crippen LogP contribution in [0.1, 0.15) is 35.7 Å². The van der Waals surface area contributed by atoms with Gasteiger partial charge in [0.1, 0.15) is 18.2 Å². The van der Waals surface area contributed by atoms with E-state index in [1.54, 1.807) is 12.1 Å². The Kier molecular flexibility index (Phi) is 4.35. The fourth-order valence-corrected chi connectivity index (χ4v) is 3.18. The fourth-order valence-electron chi connectivity index (χ4n) is 3.18. The van der Waals surface area contributed by atoms with Crippen LogP contribution in [0.15, 0.2) is 59.1 Å². The van der Waals surface area contributed by atoms with Crippen molar-refractivity contribution in [2.75, 3.05) is 0 Å². The number of nitrogens with zero attached hydrogens (tertiary/aromatic N) is 4. The molecule has 134 valence electrons. The molecule has 2 aromatic heterocycles. The van der Waals surface area contributed by atoms with E-state index in [9.17, 15) is 5.26 Å². The number of aromatic nitrogens is 3. The molecule has 0 saturated carbocycles. The average molecular weight is 358 g/mol. The minimum Gasteiger partial charge on any atom is -0.467 e. The van der Waals surface area contributed by atoms with E-state index in [1.807, 2.05) is 37.3 Å². The topological polar surface area (TPSA) is 76.9 Å². The summed E-state index contributed by atoms with van der Waals surface area (Å²) in [5.41, 5.74) is 3.48. The standard InChI is InChI=1S/C21H18N4O2/c1-14-10-21(24-27-14)26-13-20-23-18-9-8-16(12-22)11-19(18)25(20)15(2)17-6-4-3-5-7-17/h3-11,15H,13H2,1-2H3/t15-/m0/s1. The molecule has 6 nitrogen and oxygen atoms in total. The van der Waals surface area contributed by atoms with Gasteiger partial charge in [0.15, 0.2) is 0 Å². The van der Waals surface area contributed by atoms with E-state index in [1.165, 1.54) is 0 Å². The minimum absolute atomic E-state index is 0.0304. The van der Waals surface area contributed by atoms with Crippen LogP contribution in [-0.2, 0) is 6.61 Å². The van der Waals surface area contributed by atoms with Gasteiger partial charge in [0.2, 0.25) is 0 Å². The predicted octanol–water partition coefficient (Wildman–Crippen LogP) is 4.39. The normalized spacial score (nSPS) is 12.0. The first-order chi connectivity index (χ1) is 13.2. The molecule has 2 aromatic carbocycles. The smallest absolute Gasteiger partial charge is 0.254 e. The first-order valence-electron chi connectivity index (χ1n) is 8.67. The largest absolute Gasteiger partial charge is 0.467 e. The number of hydrogen-bond acceptors (Lipinski definition) is 5. The quantitative estimate of drug-likeness (QED) is 0.529. The number of aryl methyl sites for hydroxylation is 1. The Balaban J connectivity index is 1.78. The van der Waals surface area contributed by atoms with E-state index < -0.39 is 0 Å². The minimum atomic E-state index is 0.0304. The van der Waals surface area contributed by atoms with Gasteiger partial charge in [-0.1, -0.05) is 30.3 Å². The second-order valence-electron chi connectivity index (χ2n) is 6.36. The molecule has 0 N–H and O–H groups in total. The van der Waals surface area contributed by atoms with Gasteiger partial charge in [-0.2, -0.15) is 5.26 Å². The number of benzene rings is 2. The van der Waals surface area contributed by atoms with Crippen LogP contribution in [0.3, 0.4) is 0 Å². The zero-order chi connectivity index (χ0) is 18.8. The Bertz CT molecular complexity index is 1120. The van der Waals surface area contributed by atoms with E-state index >= 15 is 0 Å². The van der Waals surface area contributed by atoms with Crippen molar-refractivity contribution in [1.82, 2.24) is 14.7 Å². The second kappa shape index (κ2) is 6.96. The van der Waals surface area contributed by atoms with Crippen molar-refractivity contribution in [2.45, 2.75) is 26.5 Å². The molecule has 0 spiro atoms. The van der Waals surface area contributed by atoms with Crippen molar-refractivity contribution in [3.63, 3.8) is 0 Å². The summed E-state index contributed by atoms with van der Waals surface area (Å²) in [6.45, 7) is 4.18. The molecule has 0 aliphatic heterocycles. The first kappa shape index (κ1) is 16.9. The van der Waals surface area contributed by atoms with Gasteiger partial charge in [0, 0.05) is 6.07 Å². The Labute approximate surface area is 156 Å². The molecule has 27 heavy (non-hydrogen) atoms. The van der Waals surface area contributed by atoms with E-state index in [0.29, 0.717) is 17.2 Å². The maximum atomic E-state index is 9.28. The lowest BCUT2D eigenvalue weighted by atomic mass is 10.1. The molecule has 0 fully saturated rings. The average Bonchev–Trinajstić information content (AvgIpc) is 3.28. The van der Waals surface area contributed by atoms with Crippen LogP contribution < -0.4 is 4.74 Å². The predicted molar refractivity (Wildman–Crippen MR) is 100 cm³/mol. The third-order valence-corrected chi connectivity index (χ3v) is 4.52. The monoisotopic (exact) mass is 358 g/mol. The summed E-state index contributed by atoms with van der Waals surface area (Å²) < 4.78 is 12.9. The van der Waals surface area contributed by atoms with E-state index in [2.05, 4.69) is 34.8 Å². The van der Waals surface area contributed by atoms with Gasteiger partial charge in [-0.3, -0.25) is 0 Å². The Morgan fingerprint density at radius 1 is 1.19 bits per heavy atom. The molecule has 4 aromatic rings. The van der Waals surface area contributed by atoms with Crippen LogP contribution >= 0.6 is 0 Å². The maximum Gasteiger partial charge on any atom is 0.254 e. The van der Waals surface area contributed by atoms with Crippen molar-refractivity contribution < 1.29 is 9.26 Å². The highest BCUT2D eigenvalue weighted by Crippen LogP contribution is 2.27. The van der Waals surface area contributed by atoms with Gasteiger partial charge in [-0.25, -0.2) is 4.98 Å². The summed E-state index contributed by atoms with van der Waals surface area (Å²) in [5, 5.41) is 13.1. The molecule has 2 heterocycles. The summed E-state index contributed by atoms with van der Waals surface area (Å²) in [6.07, 6.45) is 0. The zero-order valence-corrected chi connectivity index (χ0v) is 15.1. The van der Waals surface area contributed by atoms with Crippen LogP contribution in [0.2, 0.25) is 0 Å². The molecule has 6 heteroatoms. The fraction of sp³-hybridized carbons (Fsp3) is 0.190. The van der Waals surface area contributed by atoms with Crippen molar-refractivity contribution >= 4 is 11.0 Å². The number of rotatable bonds is 5. The number of hydrogen-bond donors (Lipinski definition) is 0. The molecule has 0 aliphatic rings. The molecule has 1 atom stereocenters. The van der Waals surface area contributed by atoms with Crippen LogP contribution in [-0.4, -0.2) is 14.7 Å². The van der Waals surface area contributed by atoms with Crippen molar-refractivity contribution in [1.29, 1.82) is 5.26 Å². The lowest BCUT2D eigenvalue weighted by molar-refractivity contribution is 0.255. The molecule has 0 radical (unpaired) electrons. The lowest BCUT2D eigenvalue weighted by Crippen LogP contribution is -2.13. The Morgan fingerprint density at radius 3 is 2.70 bits per heavy atom. The number of ether oxygens (including phenoxy) is 1. The van der Waals surface area contributed by atoms with Crippen molar-refractivity contribution in [3.8, 4) is 11.9 Å². The highest BCUT2D eigenvalue weighted by Gasteiger charge is 2.18. The highest BCUT2D eigenvalue weighted by molar-refractivity contribution is 5.78. The van der Waals surface area contributed by atoms with Gasteiger partial charge in [0.25, 0.3) is 5.88 Å². The summed E-state index contributed by atoms with van der Waals surface area (Å²) in [4.78, 5) is 4.73. The van der Waals surface area contributed by atoms with Gasteiger partial charge in [-0.15, -0.1) is 0 Å². The summed E-state index contributed by atoms with van der Waals surface area (Å²) >= 11 is 0. The van der Waals surface area contributed by atoms with Crippen LogP contribution in [0.5, 0.6) is 5.88 Å². The van der Waals surface area contributed by atoms with Gasteiger partial charge >= 0.3 is 0 Å². The summed E-state index contributed by atoms with van der Waals surface area (Å²) in [6, 6.07) is 19.7. The molecule has 0 saturated heterocycles. The number of imidazole rings is 1. The Hall–Kier alpha value is -3.59. The maximum absolute atomic E-state index is 9.28. The zero-order valence-electron chi connectivity index (χ0n) is 15.1. The lowest BCUT2D eigenvalue weighted by Gasteiger charge is -2.18. The SMILES string of the molecule is Cc1cc(OCc2nc3ccc(C#N)cc3n2[C@@H](C)c2ccccc2)no1. The van der Waals surface area contributed by atoms with Gasteiger partial charge in [0.05, 0.1) is 28.7 Å². The van der Waals surface area contributed by atoms with Crippen LogP contribution in [0, 0.1) is 18.3 Å². The van der Waals surface area contributed by atoms with E-state index in [0.717, 1.165) is 22.4 Å². The molecule has 0 amide bonds.